The van der Waals surface area contributed by atoms with E-state index in [9.17, 15) is 4.79 Å². The lowest BCUT2D eigenvalue weighted by atomic mass is 9.99. The third-order valence-electron chi connectivity index (χ3n) is 3.07. The van der Waals surface area contributed by atoms with Crippen LogP contribution in [0.15, 0.2) is 12.7 Å². The van der Waals surface area contributed by atoms with E-state index in [4.69, 9.17) is 4.74 Å². The molecule has 3 nitrogen and oxygen atoms in total. The second kappa shape index (κ2) is 5.91. The number of carbonyl (C=O) groups is 1. The number of ether oxygens (including phenoxy) is 1. The predicted molar refractivity (Wildman–Crippen MR) is 60.5 cm³/mol. The van der Waals surface area contributed by atoms with Crippen LogP contribution in [0.1, 0.15) is 19.8 Å². The number of esters is 1. The summed E-state index contributed by atoms with van der Waals surface area (Å²) in [5.74, 6) is 0.425. The van der Waals surface area contributed by atoms with E-state index >= 15 is 0 Å². The van der Waals surface area contributed by atoms with Crippen molar-refractivity contribution in [1.29, 1.82) is 0 Å². The molecule has 0 spiro atoms. The number of rotatable bonds is 5. The zero-order valence-corrected chi connectivity index (χ0v) is 9.74. The molecule has 15 heavy (non-hydrogen) atoms. The summed E-state index contributed by atoms with van der Waals surface area (Å²) in [6.45, 7) is 8.75. The molecule has 86 valence electrons. The summed E-state index contributed by atoms with van der Waals surface area (Å²) in [6, 6.07) is 0. The van der Waals surface area contributed by atoms with Crippen LogP contribution in [0.5, 0.6) is 0 Å². The van der Waals surface area contributed by atoms with Crippen molar-refractivity contribution < 1.29 is 9.53 Å². The Balaban J connectivity index is 2.34. The summed E-state index contributed by atoms with van der Waals surface area (Å²) < 4.78 is 4.80. The molecular weight excluding hydrogens is 190 g/mol. The van der Waals surface area contributed by atoms with Crippen molar-refractivity contribution in [2.45, 2.75) is 19.8 Å². The molecule has 1 rings (SSSR count). The molecular formula is C12H21NO2. The molecule has 0 bridgehead atoms. The highest BCUT2D eigenvalue weighted by atomic mass is 16.5. The SMILES string of the molecule is C=CCCCN1CC(C)C(C(=O)OC)C1. The predicted octanol–water partition coefficient (Wildman–Crippen LogP) is 1.69. The number of nitrogens with zero attached hydrogens (tertiary/aromatic N) is 1. The molecule has 0 radical (unpaired) electrons. The van der Waals surface area contributed by atoms with Crippen LogP contribution in [0.2, 0.25) is 0 Å². The van der Waals surface area contributed by atoms with Crippen LogP contribution in [-0.2, 0) is 9.53 Å². The average Bonchev–Trinajstić information content (AvgIpc) is 2.59. The Morgan fingerprint density at radius 3 is 2.93 bits per heavy atom. The molecule has 2 unspecified atom stereocenters. The molecule has 3 heteroatoms. The normalized spacial score (nSPS) is 26.5. The van der Waals surface area contributed by atoms with Gasteiger partial charge in [0.1, 0.15) is 0 Å². The smallest absolute Gasteiger partial charge is 0.310 e. The van der Waals surface area contributed by atoms with E-state index in [0.29, 0.717) is 5.92 Å². The highest BCUT2D eigenvalue weighted by molar-refractivity contribution is 5.73. The van der Waals surface area contributed by atoms with Gasteiger partial charge >= 0.3 is 5.97 Å². The molecule has 0 amide bonds. The Morgan fingerprint density at radius 1 is 1.60 bits per heavy atom. The number of hydrogen-bond donors (Lipinski definition) is 0. The molecule has 1 heterocycles. The van der Waals surface area contributed by atoms with Crippen molar-refractivity contribution in [2.24, 2.45) is 11.8 Å². The van der Waals surface area contributed by atoms with Crippen LogP contribution >= 0.6 is 0 Å². The van der Waals surface area contributed by atoms with E-state index in [1.54, 1.807) is 0 Å². The van der Waals surface area contributed by atoms with E-state index in [2.05, 4.69) is 18.4 Å². The first-order chi connectivity index (χ1) is 7.19. The third kappa shape index (κ3) is 3.34. The summed E-state index contributed by atoms with van der Waals surface area (Å²) in [7, 11) is 1.47. The maximum absolute atomic E-state index is 11.4. The van der Waals surface area contributed by atoms with E-state index < -0.39 is 0 Å². The summed E-state index contributed by atoms with van der Waals surface area (Å²) in [5.41, 5.74) is 0. The maximum atomic E-state index is 11.4. The summed E-state index contributed by atoms with van der Waals surface area (Å²) in [4.78, 5) is 13.8. The molecule has 0 saturated carbocycles. The molecule has 0 aromatic heterocycles. The fourth-order valence-corrected chi connectivity index (χ4v) is 2.17. The van der Waals surface area contributed by atoms with Crippen LogP contribution in [-0.4, -0.2) is 37.6 Å². The quantitative estimate of drug-likeness (QED) is 0.394. The van der Waals surface area contributed by atoms with Gasteiger partial charge in [0.25, 0.3) is 0 Å². The highest BCUT2D eigenvalue weighted by Gasteiger charge is 2.34. The first kappa shape index (κ1) is 12.2. The van der Waals surface area contributed by atoms with Crippen LogP contribution in [0.4, 0.5) is 0 Å². The van der Waals surface area contributed by atoms with Crippen LogP contribution < -0.4 is 0 Å². The lowest BCUT2D eigenvalue weighted by Crippen LogP contribution is -2.25. The lowest BCUT2D eigenvalue weighted by Gasteiger charge is -2.14. The molecule has 0 aliphatic carbocycles. The van der Waals surface area contributed by atoms with Crippen molar-refractivity contribution in [3.63, 3.8) is 0 Å². The van der Waals surface area contributed by atoms with Crippen molar-refractivity contribution in [1.82, 2.24) is 4.90 Å². The second-order valence-corrected chi connectivity index (χ2v) is 4.30. The van der Waals surface area contributed by atoms with Gasteiger partial charge in [0, 0.05) is 13.1 Å². The fraction of sp³-hybridized carbons (Fsp3) is 0.750. The van der Waals surface area contributed by atoms with Gasteiger partial charge in [-0.2, -0.15) is 0 Å². The van der Waals surface area contributed by atoms with Gasteiger partial charge in [-0.3, -0.25) is 4.79 Å². The Labute approximate surface area is 92.1 Å². The number of hydrogen-bond acceptors (Lipinski definition) is 3. The minimum atomic E-state index is -0.0614. The molecule has 0 aromatic carbocycles. The number of carbonyl (C=O) groups excluding carboxylic acids is 1. The van der Waals surface area contributed by atoms with Gasteiger partial charge in [-0.1, -0.05) is 13.0 Å². The van der Waals surface area contributed by atoms with Crippen LogP contribution in [0.3, 0.4) is 0 Å². The van der Waals surface area contributed by atoms with Gasteiger partial charge in [0.05, 0.1) is 13.0 Å². The highest BCUT2D eigenvalue weighted by Crippen LogP contribution is 2.24. The monoisotopic (exact) mass is 211 g/mol. The van der Waals surface area contributed by atoms with E-state index in [-0.39, 0.29) is 11.9 Å². The van der Waals surface area contributed by atoms with Crippen molar-refractivity contribution in [3.8, 4) is 0 Å². The first-order valence-electron chi connectivity index (χ1n) is 5.60. The van der Waals surface area contributed by atoms with Crippen molar-refractivity contribution in [2.75, 3.05) is 26.7 Å². The van der Waals surface area contributed by atoms with Gasteiger partial charge in [-0.15, -0.1) is 6.58 Å². The van der Waals surface area contributed by atoms with Crippen molar-refractivity contribution >= 4 is 5.97 Å². The number of allylic oxidation sites excluding steroid dienone is 1. The zero-order valence-electron chi connectivity index (χ0n) is 9.74. The topological polar surface area (TPSA) is 29.5 Å². The average molecular weight is 211 g/mol. The summed E-state index contributed by atoms with van der Waals surface area (Å²) >= 11 is 0. The van der Waals surface area contributed by atoms with E-state index in [0.717, 1.165) is 32.5 Å². The van der Waals surface area contributed by atoms with Gasteiger partial charge < -0.3 is 9.64 Å². The van der Waals surface area contributed by atoms with E-state index in [1.807, 2.05) is 6.08 Å². The number of unbranched alkanes of at least 4 members (excludes halogenated alkanes) is 1. The minimum absolute atomic E-state index is 0.0614. The standard InChI is InChI=1S/C12H21NO2/c1-4-5-6-7-13-8-10(2)11(9-13)12(14)15-3/h4,10-11H,1,5-9H2,2-3H3. The van der Waals surface area contributed by atoms with Gasteiger partial charge in [0.2, 0.25) is 0 Å². The fourth-order valence-electron chi connectivity index (χ4n) is 2.17. The molecule has 0 aromatic rings. The largest absolute Gasteiger partial charge is 0.469 e. The van der Waals surface area contributed by atoms with Crippen LogP contribution in [0.25, 0.3) is 0 Å². The lowest BCUT2D eigenvalue weighted by molar-refractivity contribution is -0.146. The van der Waals surface area contributed by atoms with Gasteiger partial charge in [0.15, 0.2) is 0 Å². The molecule has 1 aliphatic heterocycles. The molecule has 1 aliphatic rings. The molecule has 2 atom stereocenters. The first-order valence-corrected chi connectivity index (χ1v) is 5.60. The number of methoxy groups -OCH3 is 1. The van der Waals surface area contributed by atoms with E-state index in [1.165, 1.54) is 7.11 Å². The molecule has 1 saturated heterocycles. The summed E-state index contributed by atoms with van der Waals surface area (Å²) in [6.07, 6.45) is 4.12. The Morgan fingerprint density at radius 2 is 2.33 bits per heavy atom. The third-order valence-corrected chi connectivity index (χ3v) is 3.07. The zero-order chi connectivity index (χ0) is 11.3. The Kier molecular flexibility index (Phi) is 4.82. The Bertz CT molecular complexity index is 228. The maximum Gasteiger partial charge on any atom is 0.310 e. The van der Waals surface area contributed by atoms with Crippen molar-refractivity contribution in [3.05, 3.63) is 12.7 Å². The van der Waals surface area contributed by atoms with Crippen LogP contribution in [0, 0.1) is 11.8 Å². The summed E-state index contributed by atoms with van der Waals surface area (Å²) in [5, 5.41) is 0. The molecule has 0 N–H and O–H groups in total. The Hall–Kier alpha value is -0.830. The molecule has 1 fully saturated rings. The van der Waals surface area contributed by atoms with Gasteiger partial charge in [-0.05, 0) is 25.3 Å². The van der Waals surface area contributed by atoms with Gasteiger partial charge in [-0.25, -0.2) is 0 Å². The number of likely N-dealkylation sites (tertiary alicyclic amines) is 1. The second-order valence-electron chi connectivity index (χ2n) is 4.30. The minimum Gasteiger partial charge on any atom is -0.469 e.